The maximum absolute atomic E-state index is 12.2. The van der Waals surface area contributed by atoms with E-state index < -0.39 is 23.7 Å². The third-order valence-corrected chi connectivity index (χ3v) is 4.42. The molecule has 134 valence electrons. The van der Waals surface area contributed by atoms with Gasteiger partial charge in [-0.25, -0.2) is 0 Å². The third kappa shape index (κ3) is 3.39. The van der Waals surface area contributed by atoms with E-state index >= 15 is 0 Å². The fraction of sp³-hybridized carbons (Fsp3) is 0.389. The van der Waals surface area contributed by atoms with Gasteiger partial charge in [0.15, 0.2) is 16.9 Å². The standard InChI is InChI=1S/C18H20O7/c1-24-14-5-3-9(6-11(14)19)2-4-10-7-12(20)16-15(25-10)8-13(21)17(22)18(16)23/h3,5-7,13,17-19,21-23H,2,4,8H2,1H3/t13-,17-,18+/m0/s1. The summed E-state index contributed by atoms with van der Waals surface area (Å²) in [5.74, 6) is 1.03. The molecular weight excluding hydrogens is 328 g/mol. The quantitative estimate of drug-likeness (QED) is 0.633. The van der Waals surface area contributed by atoms with E-state index in [0.717, 1.165) is 5.56 Å². The molecule has 1 aliphatic carbocycles. The van der Waals surface area contributed by atoms with Gasteiger partial charge in [0.25, 0.3) is 0 Å². The summed E-state index contributed by atoms with van der Waals surface area (Å²) in [6.45, 7) is 0. The number of rotatable bonds is 4. The predicted molar refractivity (Wildman–Crippen MR) is 87.7 cm³/mol. The summed E-state index contributed by atoms with van der Waals surface area (Å²) < 4.78 is 10.6. The molecule has 1 aliphatic rings. The second-order valence-electron chi connectivity index (χ2n) is 6.13. The van der Waals surface area contributed by atoms with Gasteiger partial charge in [-0.3, -0.25) is 4.79 Å². The number of methoxy groups -OCH3 is 1. The Labute approximate surface area is 143 Å². The Bertz CT molecular complexity index is 827. The van der Waals surface area contributed by atoms with E-state index in [-0.39, 0.29) is 23.5 Å². The second-order valence-corrected chi connectivity index (χ2v) is 6.13. The molecule has 0 saturated heterocycles. The first-order valence-electron chi connectivity index (χ1n) is 7.96. The van der Waals surface area contributed by atoms with Crippen molar-refractivity contribution in [3.8, 4) is 11.5 Å². The summed E-state index contributed by atoms with van der Waals surface area (Å²) in [5.41, 5.74) is 0.421. The first-order valence-corrected chi connectivity index (χ1v) is 7.96. The monoisotopic (exact) mass is 348 g/mol. The Kier molecular flexibility index (Phi) is 4.80. The smallest absolute Gasteiger partial charge is 0.191 e. The fourth-order valence-corrected chi connectivity index (χ4v) is 3.04. The van der Waals surface area contributed by atoms with Gasteiger partial charge in [-0.2, -0.15) is 0 Å². The SMILES string of the molecule is COc1ccc(CCc2cc(=O)c3c(o2)C[C@H](O)[C@H](O)[C@@H]3O)cc1O. The number of aryl methyl sites for hydroxylation is 2. The molecule has 0 fully saturated rings. The van der Waals surface area contributed by atoms with E-state index in [1.165, 1.54) is 13.2 Å². The summed E-state index contributed by atoms with van der Waals surface area (Å²) in [6, 6.07) is 6.33. The van der Waals surface area contributed by atoms with E-state index in [4.69, 9.17) is 9.15 Å². The highest BCUT2D eigenvalue weighted by atomic mass is 16.5. The van der Waals surface area contributed by atoms with Gasteiger partial charge < -0.3 is 29.6 Å². The average Bonchev–Trinajstić information content (AvgIpc) is 2.57. The molecule has 0 radical (unpaired) electrons. The number of ether oxygens (including phenoxy) is 1. The Morgan fingerprint density at radius 1 is 1.20 bits per heavy atom. The Balaban J connectivity index is 1.81. The molecule has 1 heterocycles. The van der Waals surface area contributed by atoms with Crippen LogP contribution in [0.25, 0.3) is 0 Å². The largest absolute Gasteiger partial charge is 0.504 e. The zero-order chi connectivity index (χ0) is 18.1. The lowest BCUT2D eigenvalue weighted by molar-refractivity contribution is -0.0732. The van der Waals surface area contributed by atoms with E-state index in [1.807, 2.05) is 0 Å². The van der Waals surface area contributed by atoms with Crippen molar-refractivity contribution in [2.75, 3.05) is 7.11 Å². The van der Waals surface area contributed by atoms with E-state index in [1.54, 1.807) is 18.2 Å². The zero-order valence-corrected chi connectivity index (χ0v) is 13.7. The van der Waals surface area contributed by atoms with Gasteiger partial charge in [0.1, 0.15) is 23.7 Å². The first-order chi connectivity index (χ1) is 11.9. The van der Waals surface area contributed by atoms with E-state index in [9.17, 15) is 25.2 Å². The zero-order valence-electron chi connectivity index (χ0n) is 13.7. The number of aromatic hydroxyl groups is 1. The van der Waals surface area contributed by atoms with Gasteiger partial charge in [0.05, 0.1) is 18.8 Å². The normalized spacial score (nSPS) is 22.5. The average molecular weight is 348 g/mol. The van der Waals surface area contributed by atoms with Crippen molar-refractivity contribution in [3.63, 3.8) is 0 Å². The number of phenolic OH excluding ortho intramolecular Hbond substituents is 1. The molecule has 3 rings (SSSR count). The Morgan fingerprint density at radius 2 is 1.96 bits per heavy atom. The number of phenols is 1. The number of aliphatic hydroxyl groups is 3. The summed E-state index contributed by atoms with van der Waals surface area (Å²) in [5, 5.41) is 39.2. The molecule has 4 N–H and O–H groups in total. The second kappa shape index (κ2) is 6.87. The molecule has 3 atom stereocenters. The minimum atomic E-state index is -1.46. The van der Waals surface area contributed by atoms with Crippen LogP contribution in [-0.2, 0) is 19.3 Å². The molecule has 0 unspecified atom stereocenters. The Hall–Kier alpha value is -2.35. The van der Waals surface area contributed by atoms with Crippen LogP contribution in [0, 0.1) is 0 Å². The van der Waals surface area contributed by atoms with Crippen LogP contribution < -0.4 is 10.2 Å². The van der Waals surface area contributed by atoms with Gasteiger partial charge in [-0.1, -0.05) is 6.07 Å². The van der Waals surface area contributed by atoms with Crippen molar-refractivity contribution in [2.45, 2.75) is 37.6 Å². The summed E-state index contributed by atoms with van der Waals surface area (Å²) in [7, 11) is 1.47. The predicted octanol–water partition coefficient (Wildman–Crippen LogP) is 0.450. The molecule has 0 saturated carbocycles. The molecule has 0 amide bonds. The minimum Gasteiger partial charge on any atom is -0.504 e. The molecule has 0 spiro atoms. The fourth-order valence-electron chi connectivity index (χ4n) is 3.04. The maximum Gasteiger partial charge on any atom is 0.191 e. The summed E-state index contributed by atoms with van der Waals surface area (Å²) >= 11 is 0. The molecule has 2 aromatic rings. The van der Waals surface area contributed by atoms with Crippen molar-refractivity contribution in [2.24, 2.45) is 0 Å². The van der Waals surface area contributed by atoms with Crippen LogP contribution in [0.4, 0.5) is 0 Å². The van der Waals surface area contributed by atoms with Crippen molar-refractivity contribution in [1.82, 2.24) is 0 Å². The lowest BCUT2D eigenvalue weighted by atomic mass is 9.89. The van der Waals surface area contributed by atoms with Crippen LogP contribution in [-0.4, -0.2) is 39.7 Å². The van der Waals surface area contributed by atoms with Crippen LogP contribution in [0.1, 0.15) is 28.8 Å². The van der Waals surface area contributed by atoms with Crippen molar-refractivity contribution < 1.29 is 29.6 Å². The summed E-state index contributed by atoms with van der Waals surface area (Å²) in [4.78, 5) is 12.2. The van der Waals surface area contributed by atoms with E-state index in [2.05, 4.69) is 0 Å². The maximum atomic E-state index is 12.2. The van der Waals surface area contributed by atoms with Crippen LogP contribution in [0.3, 0.4) is 0 Å². The number of aliphatic hydroxyl groups excluding tert-OH is 3. The number of benzene rings is 1. The number of hydrogen-bond donors (Lipinski definition) is 4. The molecule has 0 bridgehead atoms. The Morgan fingerprint density at radius 3 is 2.64 bits per heavy atom. The van der Waals surface area contributed by atoms with Gasteiger partial charge in [0.2, 0.25) is 0 Å². The van der Waals surface area contributed by atoms with Crippen LogP contribution in [0.15, 0.2) is 33.5 Å². The summed E-state index contributed by atoms with van der Waals surface area (Å²) in [6.07, 6.45) is -3.14. The van der Waals surface area contributed by atoms with Gasteiger partial charge in [0, 0.05) is 18.9 Å². The minimum absolute atomic E-state index is 0.00337. The van der Waals surface area contributed by atoms with Crippen molar-refractivity contribution in [3.05, 3.63) is 57.1 Å². The highest BCUT2D eigenvalue weighted by Crippen LogP contribution is 2.29. The van der Waals surface area contributed by atoms with Crippen LogP contribution >= 0.6 is 0 Å². The van der Waals surface area contributed by atoms with Crippen molar-refractivity contribution in [1.29, 1.82) is 0 Å². The number of hydrogen-bond acceptors (Lipinski definition) is 7. The third-order valence-electron chi connectivity index (χ3n) is 4.42. The molecule has 0 aliphatic heterocycles. The topological polar surface area (TPSA) is 120 Å². The van der Waals surface area contributed by atoms with Crippen molar-refractivity contribution >= 4 is 0 Å². The lowest BCUT2D eigenvalue weighted by Crippen LogP contribution is -2.41. The lowest BCUT2D eigenvalue weighted by Gasteiger charge is -2.29. The highest BCUT2D eigenvalue weighted by molar-refractivity contribution is 5.41. The van der Waals surface area contributed by atoms with Crippen LogP contribution in [0.5, 0.6) is 11.5 Å². The van der Waals surface area contributed by atoms with Crippen LogP contribution in [0.2, 0.25) is 0 Å². The molecule has 1 aromatic carbocycles. The first kappa shape index (κ1) is 17.5. The number of fused-ring (bicyclic) bond motifs is 1. The molecular formula is C18H20O7. The molecule has 7 nitrogen and oxygen atoms in total. The molecule has 7 heteroatoms. The van der Waals surface area contributed by atoms with E-state index in [0.29, 0.717) is 24.4 Å². The molecule has 1 aromatic heterocycles. The molecule has 25 heavy (non-hydrogen) atoms. The highest BCUT2D eigenvalue weighted by Gasteiger charge is 2.36. The van der Waals surface area contributed by atoms with Gasteiger partial charge in [-0.15, -0.1) is 0 Å². The van der Waals surface area contributed by atoms with Gasteiger partial charge in [-0.05, 0) is 24.1 Å². The van der Waals surface area contributed by atoms with Gasteiger partial charge >= 0.3 is 0 Å².